The summed E-state index contributed by atoms with van der Waals surface area (Å²) >= 11 is 0. The molecule has 0 bridgehead atoms. The summed E-state index contributed by atoms with van der Waals surface area (Å²) in [6.45, 7) is 2.85. The summed E-state index contributed by atoms with van der Waals surface area (Å²) in [4.78, 5) is 4.61. The number of benzene rings is 1. The zero-order valence-corrected chi connectivity index (χ0v) is 10.6. The molecule has 96 valence electrons. The minimum Gasteiger partial charge on any atom is -0.328 e. The fourth-order valence-corrected chi connectivity index (χ4v) is 2.76. The Morgan fingerprint density at radius 3 is 2.83 bits per heavy atom. The Morgan fingerprint density at radius 1 is 1.44 bits per heavy atom. The molecule has 0 amide bonds. The van der Waals surface area contributed by atoms with Crippen molar-refractivity contribution < 1.29 is 4.39 Å². The topological polar surface area (TPSA) is 43.8 Å². The maximum Gasteiger partial charge on any atom is 0.125 e. The Kier molecular flexibility index (Phi) is 2.63. The van der Waals surface area contributed by atoms with Crippen LogP contribution in [-0.2, 0) is 13.0 Å². The van der Waals surface area contributed by atoms with E-state index in [4.69, 9.17) is 5.73 Å². The predicted octanol–water partition coefficient (Wildman–Crippen LogP) is 2.62. The lowest BCUT2D eigenvalue weighted by Crippen LogP contribution is -2.48. The van der Waals surface area contributed by atoms with E-state index in [1.807, 2.05) is 0 Å². The normalized spacial score (nSPS) is 17.9. The molecular formula is C14H18FN3. The highest BCUT2D eigenvalue weighted by atomic mass is 19.1. The average Bonchev–Trinajstić information content (AvgIpc) is 2.63. The summed E-state index contributed by atoms with van der Waals surface area (Å²) in [7, 11) is 0. The molecule has 2 aromatic rings. The third-order valence-corrected chi connectivity index (χ3v) is 3.97. The maximum atomic E-state index is 13.3. The molecule has 1 heterocycles. The molecule has 1 aromatic carbocycles. The minimum absolute atomic E-state index is 0.0904. The van der Waals surface area contributed by atoms with E-state index in [1.165, 1.54) is 12.5 Å². The molecule has 1 aliphatic rings. The van der Waals surface area contributed by atoms with E-state index < -0.39 is 0 Å². The van der Waals surface area contributed by atoms with Crippen molar-refractivity contribution in [2.75, 3.05) is 0 Å². The third-order valence-electron chi connectivity index (χ3n) is 3.97. The van der Waals surface area contributed by atoms with E-state index in [0.717, 1.165) is 42.7 Å². The van der Waals surface area contributed by atoms with Crippen molar-refractivity contribution in [3.8, 4) is 0 Å². The molecule has 0 saturated heterocycles. The molecule has 1 aliphatic carbocycles. The van der Waals surface area contributed by atoms with Crippen molar-refractivity contribution >= 4 is 11.0 Å². The van der Waals surface area contributed by atoms with Gasteiger partial charge in [0.05, 0.1) is 11.0 Å². The lowest BCUT2D eigenvalue weighted by atomic mass is 9.75. The first-order chi connectivity index (χ1) is 8.61. The fourth-order valence-electron chi connectivity index (χ4n) is 2.76. The van der Waals surface area contributed by atoms with Crippen LogP contribution in [0.3, 0.4) is 0 Å². The summed E-state index contributed by atoms with van der Waals surface area (Å²) in [6, 6.07) is 4.75. The first kappa shape index (κ1) is 11.7. The molecular weight excluding hydrogens is 229 g/mol. The highest BCUT2D eigenvalue weighted by Gasteiger charge is 2.34. The van der Waals surface area contributed by atoms with Gasteiger partial charge in [0.1, 0.15) is 11.6 Å². The van der Waals surface area contributed by atoms with Crippen LogP contribution in [0.15, 0.2) is 18.2 Å². The number of aromatic nitrogens is 2. The van der Waals surface area contributed by atoms with Crippen molar-refractivity contribution in [3.63, 3.8) is 0 Å². The molecule has 1 aromatic heterocycles. The van der Waals surface area contributed by atoms with Crippen molar-refractivity contribution in [2.24, 2.45) is 5.73 Å². The second-order valence-electron chi connectivity index (χ2n) is 5.30. The van der Waals surface area contributed by atoms with E-state index in [-0.39, 0.29) is 11.4 Å². The molecule has 4 heteroatoms. The van der Waals surface area contributed by atoms with Gasteiger partial charge in [-0.3, -0.25) is 0 Å². The van der Waals surface area contributed by atoms with E-state index >= 15 is 0 Å². The summed E-state index contributed by atoms with van der Waals surface area (Å²) in [5.41, 5.74) is 7.92. The van der Waals surface area contributed by atoms with Crippen LogP contribution < -0.4 is 5.73 Å². The molecule has 18 heavy (non-hydrogen) atoms. The highest BCUT2D eigenvalue weighted by Crippen LogP contribution is 2.33. The van der Waals surface area contributed by atoms with Crippen LogP contribution in [0.1, 0.15) is 32.0 Å². The Hall–Kier alpha value is -1.42. The molecule has 1 saturated carbocycles. The molecule has 0 radical (unpaired) electrons. The molecule has 0 unspecified atom stereocenters. The van der Waals surface area contributed by atoms with Crippen LogP contribution in [0.25, 0.3) is 11.0 Å². The van der Waals surface area contributed by atoms with Crippen molar-refractivity contribution in [1.82, 2.24) is 9.55 Å². The van der Waals surface area contributed by atoms with Crippen molar-refractivity contribution in [1.29, 1.82) is 0 Å². The van der Waals surface area contributed by atoms with Crippen LogP contribution in [0.5, 0.6) is 0 Å². The summed E-state index contributed by atoms with van der Waals surface area (Å²) in [5, 5.41) is 0. The molecule has 1 fully saturated rings. The van der Waals surface area contributed by atoms with E-state index in [9.17, 15) is 4.39 Å². The number of rotatable bonds is 3. The molecule has 0 aliphatic heterocycles. The highest BCUT2D eigenvalue weighted by molar-refractivity contribution is 5.76. The number of nitrogens with two attached hydrogens (primary N) is 1. The largest absolute Gasteiger partial charge is 0.328 e. The van der Waals surface area contributed by atoms with Gasteiger partial charge in [-0.2, -0.15) is 0 Å². The van der Waals surface area contributed by atoms with Gasteiger partial charge >= 0.3 is 0 Å². The van der Waals surface area contributed by atoms with Gasteiger partial charge in [0.2, 0.25) is 0 Å². The molecule has 0 atom stereocenters. The summed E-state index contributed by atoms with van der Waals surface area (Å²) in [6.07, 6.45) is 4.12. The van der Waals surface area contributed by atoms with Crippen LogP contribution >= 0.6 is 0 Å². The van der Waals surface area contributed by atoms with Crippen LogP contribution in [0.4, 0.5) is 4.39 Å². The number of fused-ring (bicyclic) bond motifs is 1. The van der Waals surface area contributed by atoms with Gasteiger partial charge in [-0.25, -0.2) is 9.37 Å². The van der Waals surface area contributed by atoms with Gasteiger partial charge in [-0.15, -0.1) is 0 Å². The van der Waals surface area contributed by atoms with Crippen molar-refractivity contribution in [3.05, 3.63) is 29.8 Å². The molecule has 2 N–H and O–H groups in total. The minimum atomic E-state index is -0.213. The smallest absolute Gasteiger partial charge is 0.125 e. The maximum absolute atomic E-state index is 13.3. The van der Waals surface area contributed by atoms with Gasteiger partial charge in [0, 0.05) is 18.5 Å². The quantitative estimate of drug-likeness (QED) is 0.906. The first-order valence-corrected chi connectivity index (χ1v) is 6.55. The van der Waals surface area contributed by atoms with Gasteiger partial charge < -0.3 is 10.3 Å². The van der Waals surface area contributed by atoms with Crippen molar-refractivity contribution in [2.45, 2.75) is 44.7 Å². The number of imidazole rings is 1. The van der Waals surface area contributed by atoms with Crippen LogP contribution in [-0.4, -0.2) is 15.1 Å². The number of hydrogen-bond acceptors (Lipinski definition) is 2. The van der Waals surface area contributed by atoms with Crippen LogP contribution in [0.2, 0.25) is 0 Å². The SMILES string of the molecule is CCn1c(CC2(N)CCC2)nc2ccc(F)cc21. The first-order valence-electron chi connectivity index (χ1n) is 6.55. The number of hydrogen-bond donors (Lipinski definition) is 1. The molecule has 0 spiro atoms. The van der Waals surface area contributed by atoms with Gasteiger partial charge in [-0.1, -0.05) is 0 Å². The second kappa shape index (κ2) is 4.05. The monoisotopic (exact) mass is 247 g/mol. The zero-order valence-electron chi connectivity index (χ0n) is 10.6. The Bertz CT molecular complexity index is 584. The standard InChI is InChI=1S/C14H18FN3/c1-2-18-12-8-10(15)4-5-11(12)17-13(18)9-14(16)6-3-7-14/h4-5,8H,2-3,6-7,9,16H2,1H3. The van der Waals surface area contributed by atoms with Gasteiger partial charge in [0.25, 0.3) is 0 Å². The Morgan fingerprint density at radius 2 is 2.22 bits per heavy atom. The molecule has 3 nitrogen and oxygen atoms in total. The summed E-state index contributed by atoms with van der Waals surface area (Å²) in [5.74, 6) is 0.773. The van der Waals surface area contributed by atoms with E-state index in [1.54, 1.807) is 12.1 Å². The van der Waals surface area contributed by atoms with Crippen LogP contribution in [0, 0.1) is 5.82 Å². The zero-order chi connectivity index (χ0) is 12.8. The third kappa shape index (κ3) is 1.81. The van der Waals surface area contributed by atoms with E-state index in [2.05, 4.69) is 16.5 Å². The Balaban J connectivity index is 2.05. The lowest BCUT2D eigenvalue weighted by Gasteiger charge is -2.37. The molecule has 3 rings (SSSR count). The van der Waals surface area contributed by atoms with E-state index in [0.29, 0.717) is 0 Å². The summed E-state index contributed by atoms with van der Waals surface area (Å²) < 4.78 is 15.4. The average molecular weight is 247 g/mol. The van der Waals surface area contributed by atoms with Gasteiger partial charge in [-0.05, 0) is 44.4 Å². The second-order valence-corrected chi connectivity index (χ2v) is 5.30. The fraction of sp³-hybridized carbons (Fsp3) is 0.500. The van der Waals surface area contributed by atoms with Gasteiger partial charge in [0.15, 0.2) is 0 Å². The predicted molar refractivity (Wildman–Crippen MR) is 69.8 cm³/mol. The number of halogens is 1. The lowest BCUT2D eigenvalue weighted by molar-refractivity contribution is 0.241. The number of aryl methyl sites for hydroxylation is 1. The number of nitrogens with zero attached hydrogens (tertiary/aromatic N) is 2. The Labute approximate surface area is 106 Å².